The molecule has 1 aromatic heterocycles. The van der Waals surface area contributed by atoms with Crippen LogP contribution in [0.2, 0.25) is 0 Å². The van der Waals surface area contributed by atoms with E-state index in [0.29, 0.717) is 24.7 Å². The monoisotopic (exact) mass is 275 g/mol. The van der Waals surface area contributed by atoms with E-state index in [1.54, 1.807) is 6.08 Å². The van der Waals surface area contributed by atoms with Crippen LogP contribution in [0.5, 0.6) is 5.88 Å². The number of amides is 1. The fourth-order valence-corrected chi connectivity index (χ4v) is 2.35. The Bertz CT molecular complexity index is 482. The molecule has 1 saturated heterocycles. The fourth-order valence-electron chi connectivity index (χ4n) is 2.35. The zero-order valence-electron chi connectivity index (χ0n) is 12.1. The molecular formula is C15H21N3O2. The first-order valence-corrected chi connectivity index (χ1v) is 6.96. The summed E-state index contributed by atoms with van der Waals surface area (Å²) >= 11 is 0. The molecule has 0 aliphatic carbocycles. The van der Waals surface area contributed by atoms with Crippen LogP contribution in [0, 0.1) is 13.8 Å². The largest absolute Gasteiger partial charge is 0.472 e. The second-order valence-corrected chi connectivity index (χ2v) is 5.09. The van der Waals surface area contributed by atoms with Crippen LogP contribution in [-0.4, -0.2) is 40.0 Å². The minimum Gasteiger partial charge on any atom is -0.472 e. The van der Waals surface area contributed by atoms with E-state index in [0.717, 1.165) is 25.1 Å². The Morgan fingerprint density at radius 2 is 2.35 bits per heavy atom. The summed E-state index contributed by atoms with van der Waals surface area (Å²) in [6.45, 7) is 8.79. The van der Waals surface area contributed by atoms with Gasteiger partial charge in [-0.2, -0.15) is 4.98 Å². The van der Waals surface area contributed by atoms with Gasteiger partial charge in [-0.05, 0) is 20.3 Å². The van der Waals surface area contributed by atoms with E-state index in [4.69, 9.17) is 4.74 Å². The molecule has 0 saturated carbocycles. The molecule has 5 heteroatoms. The lowest BCUT2D eigenvalue weighted by Crippen LogP contribution is -2.30. The zero-order chi connectivity index (χ0) is 14.5. The van der Waals surface area contributed by atoms with E-state index >= 15 is 0 Å². The molecule has 1 aromatic rings. The van der Waals surface area contributed by atoms with Crippen molar-refractivity contribution in [3.8, 4) is 5.88 Å². The van der Waals surface area contributed by atoms with Gasteiger partial charge in [0.15, 0.2) is 0 Å². The summed E-state index contributed by atoms with van der Waals surface area (Å²) in [7, 11) is 0. The van der Waals surface area contributed by atoms with Crippen LogP contribution >= 0.6 is 0 Å². The molecule has 1 amide bonds. The summed E-state index contributed by atoms with van der Waals surface area (Å²) in [4.78, 5) is 22.3. The molecule has 1 atom stereocenters. The Morgan fingerprint density at radius 3 is 3.05 bits per heavy atom. The van der Waals surface area contributed by atoms with Gasteiger partial charge < -0.3 is 9.64 Å². The molecule has 1 aliphatic heterocycles. The lowest BCUT2D eigenvalue weighted by molar-refractivity contribution is -0.130. The number of likely N-dealkylation sites (tertiary alicyclic amines) is 1. The Kier molecular flexibility index (Phi) is 4.71. The van der Waals surface area contributed by atoms with E-state index < -0.39 is 0 Å². The number of rotatable bonds is 5. The maximum Gasteiger partial charge on any atom is 0.223 e. The van der Waals surface area contributed by atoms with Crippen molar-refractivity contribution in [3.63, 3.8) is 0 Å². The summed E-state index contributed by atoms with van der Waals surface area (Å²) in [6, 6.07) is 1.83. The number of nitrogens with zero attached hydrogens (tertiary/aromatic N) is 3. The summed E-state index contributed by atoms with van der Waals surface area (Å²) < 4.78 is 5.86. The topological polar surface area (TPSA) is 55.3 Å². The summed E-state index contributed by atoms with van der Waals surface area (Å²) in [5, 5.41) is 0. The predicted molar refractivity (Wildman–Crippen MR) is 76.6 cm³/mol. The summed E-state index contributed by atoms with van der Waals surface area (Å²) in [5.41, 5.74) is 0.893. The van der Waals surface area contributed by atoms with Gasteiger partial charge in [-0.25, -0.2) is 4.98 Å². The molecule has 0 spiro atoms. The molecular weight excluding hydrogens is 254 g/mol. The van der Waals surface area contributed by atoms with Crippen LogP contribution in [0.3, 0.4) is 0 Å². The van der Waals surface area contributed by atoms with Crippen LogP contribution in [0.25, 0.3) is 0 Å². The van der Waals surface area contributed by atoms with Crippen molar-refractivity contribution >= 4 is 5.91 Å². The van der Waals surface area contributed by atoms with Crippen molar-refractivity contribution in [1.82, 2.24) is 14.9 Å². The van der Waals surface area contributed by atoms with Gasteiger partial charge in [0.1, 0.15) is 11.9 Å². The molecule has 1 fully saturated rings. The number of carbonyl (C=O) groups is 1. The van der Waals surface area contributed by atoms with E-state index in [1.807, 2.05) is 24.8 Å². The van der Waals surface area contributed by atoms with Gasteiger partial charge in [0.2, 0.25) is 11.8 Å². The van der Waals surface area contributed by atoms with Gasteiger partial charge in [0.25, 0.3) is 0 Å². The van der Waals surface area contributed by atoms with Crippen molar-refractivity contribution in [2.45, 2.75) is 39.2 Å². The molecule has 0 aromatic carbocycles. The molecule has 108 valence electrons. The van der Waals surface area contributed by atoms with Crippen molar-refractivity contribution in [1.29, 1.82) is 0 Å². The molecule has 1 unspecified atom stereocenters. The quantitative estimate of drug-likeness (QED) is 0.772. The number of carbonyl (C=O) groups excluding carboxylic acids is 1. The number of hydrogen-bond donors (Lipinski definition) is 0. The Hall–Kier alpha value is -1.91. The first kappa shape index (κ1) is 14.5. The average molecular weight is 275 g/mol. The molecule has 2 rings (SSSR count). The van der Waals surface area contributed by atoms with Crippen LogP contribution < -0.4 is 4.74 Å². The number of ether oxygens (including phenoxy) is 1. The molecule has 2 heterocycles. The van der Waals surface area contributed by atoms with Crippen LogP contribution in [0.4, 0.5) is 0 Å². The minimum atomic E-state index is 0.0244. The standard InChI is InChI=1S/C15H21N3O2/c1-4-5-6-15(19)18-8-7-13(10-18)20-14-9-11(2)16-12(3)17-14/h4,9,13H,1,5-8,10H2,2-3H3. The Labute approximate surface area is 119 Å². The van der Waals surface area contributed by atoms with Crippen LogP contribution in [-0.2, 0) is 4.79 Å². The molecule has 0 radical (unpaired) electrons. The number of hydrogen-bond acceptors (Lipinski definition) is 4. The minimum absolute atomic E-state index is 0.0244. The lowest BCUT2D eigenvalue weighted by Gasteiger charge is -2.16. The normalized spacial score (nSPS) is 18.1. The van der Waals surface area contributed by atoms with Gasteiger partial charge >= 0.3 is 0 Å². The summed E-state index contributed by atoms with van der Waals surface area (Å²) in [6.07, 6.45) is 3.90. The maximum absolute atomic E-state index is 11.9. The smallest absolute Gasteiger partial charge is 0.223 e. The van der Waals surface area contributed by atoms with Crippen LogP contribution in [0.15, 0.2) is 18.7 Å². The predicted octanol–water partition coefficient (Wildman–Crippen LogP) is 2.04. The maximum atomic E-state index is 11.9. The third-order valence-electron chi connectivity index (χ3n) is 3.29. The number of allylic oxidation sites excluding steroid dienone is 1. The average Bonchev–Trinajstić information content (AvgIpc) is 2.83. The molecule has 5 nitrogen and oxygen atoms in total. The highest BCUT2D eigenvalue weighted by atomic mass is 16.5. The molecule has 0 bridgehead atoms. The van der Waals surface area contributed by atoms with Gasteiger partial charge in [0, 0.05) is 31.1 Å². The Morgan fingerprint density at radius 1 is 1.55 bits per heavy atom. The van der Waals surface area contributed by atoms with E-state index in [1.165, 1.54) is 0 Å². The van der Waals surface area contributed by atoms with E-state index in [9.17, 15) is 4.79 Å². The fraction of sp³-hybridized carbons (Fsp3) is 0.533. The first-order chi connectivity index (χ1) is 9.58. The van der Waals surface area contributed by atoms with Gasteiger partial charge in [0.05, 0.1) is 6.54 Å². The van der Waals surface area contributed by atoms with Gasteiger partial charge in [-0.15, -0.1) is 6.58 Å². The lowest BCUT2D eigenvalue weighted by atomic mass is 10.3. The highest BCUT2D eigenvalue weighted by Crippen LogP contribution is 2.18. The zero-order valence-corrected chi connectivity index (χ0v) is 12.1. The highest BCUT2D eigenvalue weighted by Gasteiger charge is 2.27. The van der Waals surface area contributed by atoms with Crippen molar-refractivity contribution in [3.05, 3.63) is 30.2 Å². The third-order valence-corrected chi connectivity index (χ3v) is 3.29. The van der Waals surface area contributed by atoms with Crippen molar-refractivity contribution in [2.75, 3.05) is 13.1 Å². The Balaban J connectivity index is 1.89. The van der Waals surface area contributed by atoms with Gasteiger partial charge in [-0.1, -0.05) is 6.08 Å². The van der Waals surface area contributed by atoms with Crippen molar-refractivity contribution in [2.24, 2.45) is 0 Å². The number of aryl methyl sites for hydroxylation is 2. The summed E-state index contributed by atoms with van der Waals surface area (Å²) in [5.74, 6) is 1.48. The highest BCUT2D eigenvalue weighted by molar-refractivity contribution is 5.76. The molecule has 1 aliphatic rings. The van der Waals surface area contributed by atoms with E-state index in [2.05, 4.69) is 16.5 Å². The molecule has 20 heavy (non-hydrogen) atoms. The second kappa shape index (κ2) is 6.50. The first-order valence-electron chi connectivity index (χ1n) is 6.96. The SMILES string of the molecule is C=CCCC(=O)N1CCC(Oc2cc(C)nc(C)n2)C1. The van der Waals surface area contributed by atoms with Crippen molar-refractivity contribution < 1.29 is 9.53 Å². The number of aromatic nitrogens is 2. The van der Waals surface area contributed by atoms with E-state index in [-0.39, 0.29) is 12.0 Å². The van der Waals surface area contributed by atoms with Crippen LogP contribution in [0.1, 0.15) is 30.8 Å². The molecule has 0 N–H and O–H groups in total. The third kappa shape index (κ3) is 3.79. The van der Waals surface area contributed by atoms with Gasteiger partial charge in [-0.3, -0.25) is 4.79 Å². The second-order valence-electron chi connectivity index (χ2n) is 5.09.